The average molecular weight is 241 g/mol. The first-order chi connectivity index (χ1) is 7.72. The Kier molecular flexibility index (Phi) is 1.35. The van der Waals surface area contributed by atoms with Gasteiger partial charge in [-0.15, -0.1) is 0 Å². The van der Waals surface area contributed by atoms with Crippen LogP contribution in [0.5, 0.6) is 0 Å². The van der Waals surface area contributed by atoms with E-state index in [1.165, 1.54) is 0 Å². The minimum absolute atomic E-state index is 1.08. The molecule has 1 saturated carbocycles. The van der Waals surface area contributed by atoms with Crippen LogP contribution < -0.4 is 17.2 Å². The van der Waals surface area contributed by atoms with Gasteiger partial charge in [-0.1, -0.05) is 0 Å². The van der Waals surface area contributed by atoms with Gasteiger partial charge < -0.3 is 26.7 Å². The summed E-state index contributed by atoms with van der Waals surface area (Å²) in [5.74, 6) is -6.15. The predicted molar refractivity (Wildman–Crippen MR) is 46.4 cm³/mol. The summed E-state index contributed by atoms with van der Waals surface area (Å²) in [7, 11) is 0. The molecule has 9 nitrogen and oxygen atoms in total. The second-order valence-corrected chi connectivity index (χ2v) is 4.36. The van der Waals surface area contributed by atoms with Gasteiger partial charge in [0.2, 0.25) is 0 Å². The lowest BCUT2D eigenvalue weighted by Crippen LogP contribution is -2.97. The third-order valence-electron chi connectivity index (χ3n) is 3.83. The lowest BCUT2D eigenvalue weighted by atomic mass is 9.44. The maximum atomic E-state index is 11.5. The van der Waals surface area contributed by atoms with Crippen LogP contribution in [0.15, 0.2) is 0 Å². The first-order valence-corrected chi connectivity index (χ1v) is 4.62. The molecule has 0 aromatic carbocycles. The molecule has 3 aliphatic rings. The zero-order chi connectivity index (χ0) is 12.8. The molecule has 0 aromatic heterocycles. The zero-order valence-electron chi connectivity index (χ0n) is 8.26. The van der Waals surface area contributed by atoms with E-state index >= 15 is 0 Å². The molecule has 4 unspecified atom stereocenters. The Bertz CT molecular complexity index is 507. The molecule has 17 heavy (non-hydrogen) atoms. The van der Waals surface area contributed by atoms with Crippen LogP contribution in [-0.4, -0.2) is 40.5 Å². The largest absolute Gasteiger partial charge is 0.391 e. The lowest BCUT2D eigenvalue weighted by molar-refractivity contribution is -0.159. The fourth-order valence-corrected chi connectivity index (χ4v) is 2.83. The van der Waals surface area contributed by atoms with Crippen LogP contribution >= 0.6 is 0 Å². The SMILES string of the molecule is NC12C(=O)OC(=O)C1C1(N)C(=O)OC(=O)C21N. The van der Waals surface area contributed by atoms with Crippen molar-refractivity contribution in [3.8, 4) is 0 Å². The monoisotopic (exact) mass is 241 g/mol. The number of fused-ring (bicyclic) bond motifs is 4. The predicted octanol–water partition coefficient (Wildman–Crippen LogP) is -4.12. The highest BCUT2D eigenvalue weighted by atomic mass is 16.6. The number of cyclic esters (lactones) is 4. The van der Waals surface area contributed by atoms with E-state index in [-0.39, 0.29) is 0 Å². The number of hydrogen-bond acceptors (Lipinski definition) is 9. The van der Waals surface area contributed by atoms with Gasteiger partial charge >= 0.3 is 23.9 Å². The van der Waals surface area contributed by atoms with E-state index in [2.05, 4.69) is 9.47 Å². The molecule has 3 fully saturated rings. The van der Waals surface area contributed by atoms with Gasteiger partial charge in [-0.25, -0.2) is 14.4 Å². The van der Waals surface area contributed by atoms with Crippen LogP contribution in [0.3, 0.4) is 0 Å². The summed E-state index contributed by atoms with van der Waals surface area (Å²) in [4.78, 5) is 45.9. The van der Waals surface area contributed by atoms with Crippen molar-refractivity contribution in [1.82, 2.24) is 0 Å². The van der Waals surface area contributed by atoms with E-state index in [0.29, 0.717) is 0 Å². The zero-order valence-corrected chi connectivity index (χ0v) is 8.26. The molecular weight excluding hydrogens is 234 g/mol. The van der Waals surface area contributed by atoms with Gasteiger partial charge in [-0.3, -0.25) is 4.79 Å². The van der Waals surface area contributed by atoms with Crippen LogP contribution in [0.1, 0.15) is 0 Å². The molecular formula is C8H7N3O6. The summed E-state index contributed by atoms with van der Waals surface area (Å²) in [6, 6.07) is 0. The summed E-state index contributed by atoms with van der Waals surface area (Å²) in [5.41, 5.74) is 10.4. The number of ether oxygens (including phenoxy) is 2. The van der Waals surface area contributed by atoms with Gasteiger partial charge in [-0.05, 0) is 0 Å². The van der Waals surface area contributed by atoms with Crippen LogP contribution in [0.2, 0.25) is 0 Å². The third-order valence-corrected chi connectivity index (χ3v) is 3.83. The van der Waals surface area contributed by atoms with Crippen molar-refractivity contribution < 1.29 is 28.7 Å². The summed E-state index contributed by atoms with van der Waals surface area (Å²) < 4.78 is 8.58. The van der Waals surface area contributed by atoms with Gasteiger partial charge in [0, 0.05) is 0 Å². The van der Waals surface area contributed by atoms with Crippen molar-refractivity contribution in [3.05, 3.63) is 0 Å². The second kappa shape index (κ2) is 2.23. The van der Waals surface area contributed by atoms with Gasteiger partial charge in [0.25, 0.3) is 0 Å². The van der Waals surface area contributed by atoms with Crippen molar-refractivity contribution in [3.63, 3.8) is 0 Å². The Morgan fingerprint density at radius 2 is 1.29 bits per heavy atom. The Morgan fingerprint density at radius 3 is 1.82 bits per heavy atom. The van der Waals surface area contributed by atoms with Crippen molar-refractivity contribution in [1.29, 1.82) is 0 Å². The topological polar surface area (TPSA) is 165 Å². The summed E-state index contributed by atoms with van der Waals surface area (Å²) >= 11 is 0. The van der Waals surface area contributed by atoms with E-state index in [4.69, 9.17) is 17.2 Å². The fraction of sp³-hybridized carbons (Fsp3) is 0.500. The highest BCUT2D eigenvalue weighted by molar-refractivity contribution is 6.23. The quantitative estimate of drug-likeness (QED) is 0.282. The fourth-order valence-electron chi connectivity index (χ4n) is 2.83. The van der Waals surface area contributed by atoms with Crippen LogP contribution in [-0.2, 0) is 28.7 Å². The van der Waals surface area contributed by atoms with Gasteiger partial charge in [0.1, 0.15) is 5.92 Å². The van der Waals surface area contributed by atoms with Crippen LogP contribution in [0.4, 0.5) is 0 Å². The molecule has 0 bridgehead atoms. The molecule has 4 atom stereocenters. The maximum Gasteiger partial charge on any atom is 0.339 e. The molecule has 0 spiro atoms. The van der Waals surface area contributed by atoms with Gasteiger partial charge in [0.05, 0.1) is 0 Å². The van der Waals surface area contributed by atoms with Crippen molar-refractivity contribution in [2.24, 2.45) is 23.1 Å². The second-order valence-electron chi connectivity index (χ2n) is 4.36. The number of nitrogens with two attached hydrogens (primary N) is 3. The summed E-state index contributed by atoms with van der Waals surface area (Å²) in [5, 5.41) is 0. The molecule has 0 aromatic rings. The standard InChI is InChI=1S/C8H7N3O6/c9-6-1(2(12)16-3(6)13)7(10)4(14)17-5(15)8(6,7)11/h1H,9-11H2. The third kappa shape index (κ3) is 0.619. The van der Waals surface area contributed by atoms with Gasteiger partial charge in [-0.2, -0.15) is 0 Å². The molecule has 3 rings (SSSR count). The van der Waals surface area contributed by atoms with E-state index in [0.717, 1.165) is 0 Å². The van der Waals surface area contributed by atoms with Crippen LogP contribution in [0.25, 0.3) is 0 Å². The van der Waals surface area contributed by atoms with Crippen molar-refractivity contribution in [2.45, 2.75) is 16.6 Å². The van der Waals surface area contributed by atoms with E-state index < -0.39 is 46.4 Å². The molecule has 1 aliphatic carbocycles. The molecule has 2 aliphatic heterocycles. The highest BCUT2D eigenvalue weighted by Crippen LogP contribution is 2.59. The minimum atomic E-state index is -2.26. The summed E-state index contributed by atoms with van der Waals surface area (Å²) in [6.45, 7) is 0. The Morgan fingerprint density at radius 1 is 0.824 bits per heavy atom. The van der Waals surface area contributed by atoms with Crippen LogP contribution in [0, 0.1) is 5.92 Å². The summed E-state index contributed by atoms with van der Waals surface area (Å²) in [6.07, 6.45) is 0. The minimum Gasteiger partial charge on any atom is -0.391 e. The number of carbonyl (C=O) groups excluding carboxylic acids is 4. The van der Waals surface area contributed by atoms with E-state index in [1.807, 2.05) is 0 Å². The molecule has 90 valence electrons. The number of rotatable bonds is 0. The molecule has 0 radical (unpaired) electrons. The van der Waals surface area contributed by atoms with E-state index in [9.17, 15) is 19.2 Å². The molecule has 0 amide bonds. The number of esters is 4. The van der Waals surface area contributed by atoms with Gasteiger partial charge in [0.15, 0.2) is 16.6 Å². The Balaban J connectivity index is 2.29. The molecule has 2 heterocycles. The molecule has 2 saturated heterocycles. The van der Waals surface area contributed by atoms with Crippen molar-refractivity contribution in [2.75, 3.05) is 0 Å². The van der Waals surface area contributed by atoms with E-state index in [1.54, 1.807) is 0 Å². The Labute approximate surface area is 93.2 Å². The smallest absolute Gasteiger partial charge is 0.339 e. The average Bonchev–Trinajstić information content (AvgIpc) is 2.53. The first-order valence-electron chi connectivity index (χ1n) is 4.62. The van der Waals surface area contributed by atoms with Crippen molar-refractivity contribution >= 4 is 23.9 Å². The number of hydrogen-bond donors (Lipinski definition) is 3. The number of carbonyl (C=O) groups is 4. The molecule has 9 heteroatoms. The highest BCUT2D eigenvalue weighted by Gasteiger charge is 2.94. The first kappa shape index (κ1) is 10.3. The molecule has 6 N–H and O–H groups in total. The normalized spacial score (nSPS) is 51.6. The Hall–Kier alpha value is -1.84. The maximum absolute atomic E-state index is 11.5. The lowest BCUT2D eigenvalue weighted by Gasteiger charge is -2.56.